The summed E-state index contributed by atoms with van der Waals surface area (Å²) in [6.45, 7) is 4.65. The predicted octanol–water partition coefficient (Wildman–Crippen LogP) is 15.0. The summed E-state index contributed by atoms with van der Waals surface area (Å²) in [5.74, 6) is 9.91. The Kier molecular flexibility index (Phi) is 17.7. The molecular formula is C56H94N6O2. The zero-order chi connectivity index (χ0) is 43.5. The SMILES string of the molecule is CCCCCCCC1CCC(NC2CC(c3nnc(C4CCCC5CCCCC54)o3)C(NC3CCC(CCCCCCC)CC3)CC2c2nnc(C3CCCC4CCCCC43)o2)CC1. The zero-order valence-corrected chi connectivity index (χ0v) is 41.1. The fourth-order valence-corrected chi connectivity index (χ4v) is 15.6. The summed E-state index contributed by atoms with van der Waals surface area (Å²) in [6, 6.07) is 1.58. The highest BCUT2D eigenvalue weighted by molar-refractivity contribution is 5.14. The van der Waals surface area contributed by atoms with Gasteiger partial charge in [0.1, 0.15) is 0 Å². The molecule has 2 aromatic rings. The van der Waals surface area contributed by atoms with E-state index in [-0.39, 0.29) is 23.9 Å². The van der Waals surface area contributed by atoms with Crippen molar-refractivity contribution in [3.05, 3.63) is 23.6 Å². The summed E-state index contributed by atoms with van der Waals surface area (Å²) in [5, 5.41) is 28.9. The fourth-order valence-electron chi connectivity index (χ4n) is 15.6. The highest BCUT2D eigenvalue weighted by Gasteiger charge is 2.47. The fraction of sp³-hybridized carbons (Fsp3) is 0.929. The lowest BCUT2D eigenvalue weighted by Gasteiger charge is -2.44. The molecule has 64 heavy (non-hydrogen) atoms. The van der Waals surface area contributed by atoms with Gasteiger partial charge in [-0.1, -0.05) is 155 Å². The van der Waals surface area contributed by atoms with Gasteiger partial charge >= 0.3 is 0 Å². The molecule has 2 aromatic heterocycles. The first kappa shape index (κ1) is 47.3. The van der Waals surface area contributed by atoms with Gasteiger partial charge in [0.05, 0.1) is 11.8 Å². The van der Waals surface area contributed by atoms with Gasteiger partial charge in [0, 0.05) is 36.0 Å². The maximum atomic E-state index is 7.07. The van der Waals surface area contributed by atoms with Crippen LogP contribution in [0.5, 0.6) is 0 Å². The van der Waals surface area contributed by atoms with Crippen molar-refractivity contribution in [3.8, 4) is 0 Å². The molecule has 0 radical (unpaired) electrons. The van der Waals surface area contributed by atoms with Crippen molar-refractivity contribution in [2.75, 3.05) is 0 Å². The standard InChI is InChI=1S/C56H94N6O2/c1-3-5-7-9-11-19-39-29-33-43(34-30-39)57-51-37-50(56-62-60-54(64-56)48-28-18-24-42-22-14-16-26-46(42)48)52(58-44-35-31-40(32-36-44)20-12-10-8-6-4-2)38-49(51)55-61-59-53(63-55)47-27-17-23-41-21-13-15-25-45(41)47/h39-52,57-58H,3-38H2,1-2H3. The smallest absolute Gasteiger partial charge is 0.221 e. The molecule has 7 saturated carbocycles. The Morgan fingerprint density at radius 1 is 0.391 bits per heavy atom. The quantitative estimate of drug-likeness (QED) is 0.127. The van der Waals surface area contributed by atoms with Gasteiger partial charge in [-0.3, -0.25) is 0 Å². The Bertz CT molecular complexity index is 1500. The van der Waals surface area contributed by atoms with Gasteiger partial charge in [-0.2, -0.15) is 0 Å². The average molecular weight is 883 g/mol. The van der Waals surface area contributed by atoms with Crippen LogP contribution in [-0.2, 0) is 0 Å². The second-order valence-electron chi connectivity index (χ2n) is 23.5. The molecule has 8 nitrogen and oxygen atoms in total. The molecule has 360 valence electrons. The maximum Gasteiger partial charge on any atom is 0.221 e. The van der Waals surface area contributed by atoms with E-state index in [0.29, 0.717) is 23.9 Å². The van der Waals surface area contributed by atoms with Crippen molar-refractivity contribution in [1.82, 2.24) is 31.0 Å². The van der Waals surface area contributed by atoms with Crippen molar-refractivity contribution < 1.29 is 8.83 Å². The van der Waals surface area contributed by atoms with Crippen LogP contribution in [0.25, 0.3) is 0 Å². The van der Waals surface area contributed by atoms with E-state index in [1.807, 2.05) is 0 Å². The monoisotopic (exact) mass is 883 g/mol. The maximum absolute atomic E-state index is 7.07. The van der Waals surface area contributed by atoms with E-state index in [4.69, 9.17) is 29.2 Å². The van der Waals surface area contributed by atoms with Crippen LogP contribution in [0.1, 0.15) is 292 Å². The molecule has 9 rings (SSSR count). The number of nitrogens with one attached hydrogen (secondary N) is 2. The minimum atomic E-state index is 0.181. The van der Waals surface area contributed by atoms with Gasteiger partial charge in [0.15, 0.2) is 0 Å². The molecular weight excluding hydrogens is 789 g/mol. The third-order valence-corrected chi connectivity index (χ3v) is 19.3. The predicted molar refractivity (Wildman–Crippen MR) is 259 cm³/mol. The molecule has 7 aliphatic carbocycles. The van der Waals surface area contributed by atoms with E-state index in [0.717, 1.165) is 71.9 Å². The summed E-state index contributed by atoms with van der Waals surface area (Å²) >= 11 is 0. The second kappa shape index (κ2) is 24.0. The summed E-state index contributed by atoms with van der Waals surface area (Å²) in [4.78, 5) is 0. The van der Waals surface area contributed by atoms with Crippen LogP contribution in [0.3, 0.4) is 0 Å². The lowest BCUT2D eigenvalue weighted by atomic mass is 9.65. The van der Waals surface area contributed by atoms with Gasteiger partial charge in [0.25, 0.3) is 0 Å². The van der Waals surface area contributed by atoms with Crippen molar-refractivity contribution in [3.63, 3.8) is 0 Å². The van der Waals surface area contributed by atoms with Crippen LogP contribution in [0, 0.1) is 35.5 Å². The molecule has 0 aromatic carbocycles. The van der Waals surface area contributed by atoms with E-state index in [2.05, 4.69) is 24.5 Å². The van der Waals surface area contributed by atoms with Crippen molar-refractivity contribution in [2.45, 2.75) is 293 Å². The molecule has 0 aliphatic heterocycles. The highest BCUT2D eigenvalue weighted by atomic mass is 16.4. The summed E-state index contributed by atoms with van der Waals surface area (Å²) in [7, 11) is 0. The third-order valence-electron chi connectivity index (χ3n) is 19.3. The van der Waals surface area contributed by atoms with Crippen LogP contribution in [-0.4, -0.2) is 44.6 Å². The Balaban J connectivity index is 0.944. The van der Waals surface area contributed by atoms with E-state index >= 15 is 0 Å². The molecule has 0 amide bonds. The molecule has 8 heteroatoms. The molecule has 7 fully saturated rings. The number of hydrogen-bond donors (Lipinski definition) is 2. The van der Waals surface area contributed by atoms with Crippen molar-refractivity contribution in [1.29, 1.82) is 0 Å². The van der Waals surface area contributed by atoms with Crippen LogP contribution < -0.4 is 10.6 Å². The van der Waals surface area contributed by atoms with E-state index in [1.165, 1.54) is 218 Å². The van der Waals surface area contributed by atoms with E-state index < -0.39 is 0 Å². The number of hydrogen-bond acceptors (Lipinski definition) is 8. The summed E-state index contributed by atoms with van der Waals surface area (Å²) in [5.41, 5.74) is 0. The first-order chi connectivity index (χ1) is 31.6. The lowest BCUT2D eigenvalue weighted by molar-refractivity contribution is 0.121. The highest BCUT2D eigenvalue weighted by Crippen LogP contribution is 2.51. The minimum absolute atomic E-state index is 0.181. The Hall–Kier alpha value is -1.80. The molecule has 10 unspecified atom stereocenters. The number of unbranched alkanes of at least 4 members (excludes halogenated alkanes) is 8. The first-order valence-electron chi connectivity index (χ1n) is 28.8. The Morgan fingerprint density at radius 2 is 0.766 bits per heavy atom. The molecule has 2 heterocycles. The van der Waals surface area contributed by atoms with Crippen LogP contribution in [0.2, 0.25) is 0 Å². The van der Waals surface area contributed by atoms with Crippen molar-refractivity contribution >= 4 is 0 Å². The zero-order valence-electron chi connectivity index (χ0n) is 41.1. The average Bonchev–Trinajstić information content (AvgIpc) is 4.04. The number of rotatable bonds is 20. The normalized spacial score (nSPS) is 37.2. The number of fused-ring (bicyclic) bond motifs is 2. The van der Waals surface area contributed by atoms with E-state index in [1.54, 1.807) is 0 Å². The van der Waals surface area contributed by atoms with Gasteiger partial charge in [-0.15, -0.1) is 20.4 Å². The van der Waals surface area contributed by atoms with E-state index in [9.17, 15) is 0 Å². The largest absolute Gasteiger partial charge is 0.425 e. The van der Waals surface area contributed by atoms with Gasteiger partial charge in [-0.25, -0.2) is 0 Å². The summed E-state index contributed by atoms with van der Waals surface area (Å²) in [6.07, 6.45) is 48.2. The Labute approximate surface area is 390 Å². The topological polar surface area (TPSA) is 102 Å². The third kappa shape index (κ3) is 12.1. The molecule has 10 atom stereocenters. The van der Waals surface area contributed by atoms with Gasteiger partial charge < -0.3 is 19.5 Å². The first-order valence-corrected chi connectivity index (χ1v) is 28.8. The van der Waals surface area contributed by atoms with Crippen LogP contribution >= 0.6 is 0 Å². The molecule has 0 saturated heterocycles. The molecule has 2 N–H and O–H groups in total. The van der Waals surface area contributed by atoms with Gasteiger partial charge in [0.2, 0.25) is 23.6 Å². The number of nitrogens with zero attached hydrogens (tertiary/aromatic N) is 4. The Morgan fingerprint density at radius 3 is 1.19 bits per heavy atom. The molecule has 0 bridgehead atoms. The molecule has 7 aliphatic rings. The van der Waals surface area contributed by atoms with Gasteiger partial charge in [-0.05, 0) is 125 Å². The second-order valence-corrected chi connectivity index (χ2v) is 23.5. The van der Waals surface area contributed by atoms with Crippen molar-refractivity contribution in [2.24, 2.45) is 35.5 Å². The van der Waals surface area contributed by atoms with Crippen LogP contribution in [0.15, 0.2) is 8.83 Å². The number of aromatic nitrogens is 4. The minimum Gasteiger partial charge on any atom is -0.425 e. The lowest BCUT2D eigenvalue weighted by Crippen LogP contribution is -2.53. The van der Waals surface area contributed by atoms with Crippen LogP contribution in [0.4, 0.5) is 0 Å². The summed E-state index contributed by atoms with van der Waals surface area (Å²) < 4.78 is 14.1. The molecule has 0 spiro atoms.